The van der Waals surface area contributed by atoms with Gasteiger partial charge in [0.2, 0.25) is 0 Å². The van der Waals surface area contributed by atoms with Crippen molar-refractivity contribution in [1.29, 1.82) is 0 Å². The SMILES string of the molecule is Cc1cc(CC(C)N)ccc1N(C)Cc1ccccc1F. The van der Waals surface area contributed by atoms with E-state index in [1.165, 1.54) is 17.2 Å². The lowest BCUT2D eigenvalue weighted by atomic mass is 10.0. The van der Waals surface area contributed by atoms with Crippen LogP contribution < -0.4 is 10.6 Å². The summed E-state index contributed by atoms with van der Waals surface area (Å²) in [5.74, 6) is -0.157. The average Bonchev–Trinajstić information content (AvgIpc) is 2.40. The summed E-state index contributed by atoms with van der Waals surface area (Å²) >= 11 is 0. The molecule has 2 nitrogen and oxygen atoms in total. The van der Waals surface area contributed by atoms with Crippen molar-refractivity contribution in [2.45, 2.75) is 32.9 Å². The maximum Gasteiger partial charge on any atom is 0.128 e. The second kappa shape index (κ2) is 6.72. The van der Waals surface area contributed by atoms with Crippen molar-refractivity contribution in [2.75, 3.05) is 11.9 Å². The Hall–Kier alpha value is -1.87. The van der Waals surface area contributed by atoms with E-state index in [0.717, 1.165) is 12.1 Å². The molecule has 0 saturated heterocycles. The molecule has 2 N–H and O–H groups in total. The van der Waals surface area contributed by atoms with Crippen molar-refractivity contribution >= 4 is 5.69 Å². The zero-order valence-electron chi connectivity index (χ0n) is 12.9. The number of halogens is 1. The first-order valence-electron chi connectivity index (χ1n) is 7.27. The molecule has 0 aliphatic heterocycles. The summed E-state index contributed by atoms with van der Waals surface area (Å²) in [5.41, 5.74) is 10.1. The highest BCUT2D eigenvalue weighted by molar-refractivity contribution is 5.54. The van der Waals surface area contributed by atoms with Crippen molar-refractivity contribution in [3.63, 3.8) is 0 Å². The topological polar surface area (TPSA) is 29.3 Å². The van der Waals surface area contributed by atoms with Crippen LogP contribution in [-0.2, 0) is 13.0 Å². The van der Waals surface area contributed by atoms with Crippen LogP contribution in [0.4, 0.5) is 10.1 Å². The first-order valence-corrected chi connectivity index (χ1v) is 7.27. The van der Waals surface area contributed by atoms with Gasteiger partial charge in [0.05, 0.1) is 0 Å². The van der Waals surface area contributed by atoms with Crippen molar-refractivity contribution in [3.05, 3.63) is 65.0 Å². The van der Waals surface area contributed by atoms with E-state index >= 15 is 0 Å². The standard InChI is InChI=1S/C18H23FN2/c1-13-10-15(11-14(2)20)8-9-18(13)21(3)12-16-6-4-5-7-17(16)19/h4-10,14H,11-12,20H2,1-3H3. The number of nitrogens with zero attached hydrogens (tertiary/aromatic N) is 1. The van der Waals surface area contributed by atoms with Crippen LogP contribution >= 0.6 is 0 Å². The monoisotopic (exact) mass is 286 g/mol. The van der Waals surface area contributed by atoms with Crippen LogP contribution in [0.25, 0.3) is 0 Å². The van der Waals surface area contributed by atoms with E-state index in [2.05, 4.69) is 30.0 Å². The fraction of sp³-hybridized carbons (Fsp3) is 0.333. The highest BCUT2D eigenvalue weighted by Gasteiger charge is 2.09. The highest BCUT2D eigenvalue weighted by Crippen LogP contribution is 2.23. The Labute approximate surface area is 126 Å². The summed E-state index contributed by atoms with van der Waals surface area (Å²) in [4.78, 5) is 2.07. The molecule has 0 spiro atoms. The van der Waals surface area contributed by atoms with Crippen molar-refractivity contribution < 1.29 is 4.39 Å². The average molecular weight is 286 g/mol. The van der Waals surface area contributed by atoms with Crippen molar-refractivity contribution in [3.8, 4) is 0 Å². The lowest BCUT2D eigenvalue weighted by Gasteiger charge is -2.22. The van der Waals surface area contributed by atoms with Gasteiger partial charge in [-0.25, -0.2) is 4.39 Å². The van der Waals surface area contributed by atoms with Crippen LogP contribution in [0.3, 0.4) is 0 Å². The molecule has 0 radical (unpaired) electrons. The van der Waals surface area contributed by atoms with Crippen LogP contribution in [-0.4, -0.2) is 13.1 Å². The van der Waals surface area contributed by atoms with E-state index in [4.69, 9.17) is 5.73 Å². The van der Waals surface area contributed by atoms with Crippen LogP contribution in [0.5, 0.6) is 0 Å². The third-order valence-corrected chi connectivity index (χ3v) is 3.60. The van der Waals surface area contributed by atoms with Crippen LogP contribution in [0.2, 0.25) is 0 Å². The molecule has 2 aromatic rings. The molecule has 0 aliphatic rings. The maximum absolute atomic E-state index is 13.7. The van der Waals surface area contributed by atoms with Gasteiger partial charge in [-0.05, 0) is 43.5 Å². The molecule has 0 heterocycles. The van der Waals surface area contributed by atoms with E-state index in [9.17, 15) is 4.39 Å². The Balaban J connectivity index is 2.16. The molecule has 2 aromatic carbocycles. The molecule has 2 rings (SSSR count). The molecular formula is C18H23FN2. The van der Waals surface area contributed by atoms with E-state index in [-0.39, 0.29) is 11.9 Å². The molecule has 0 bridgehead atoms. The molecule has 0 fully saturated rings. The predicted octanol–water partition coefficient (Wildman–Crippen LogP) is 3.66. The first-order chi connectivity index (χ1) is 9.97. The van der Waals surface area contributed by atoms with E-state index < -0.39 is 0 Å². The summed E-state index contributed by atoms with van der Waals surface area (Å²) in [7, 11) is 1.99. The predicted molar refractivity (Wildman–Crippen MR) is 87.0 cm³/mol. The molecule has 21 heavy (non-hydrogen) atoms. The second-order valence-corrected chi connectivity index (χ2v) is 5.75. The summed E-state index contributed by atoms with van der Waals surface area (Å²) in [6.45, 7) is 4.64. The van der Waals surface area contributed by atoms with Crippen LogP contribution in [0, 0.1) is 12.7 Å². The van der Waals surface area contributed by atoms with E-state index in [0.29, 0.717) is 12.1 Å². The molecule has 3 heteroatoms. The summed E-state index contributed by atoms with van der Waals surface area (Å²) in [6, 6.07) is 13.4. The number of anilines is 1. The van der Waals surface area contributed by atoms with Gasteiger partial charge in [-0.3, -0.25) is 0 Å². The Morgan fingerprint density at radius 2 is 1.90 bits per heavy atom. The number of nitrogens with two attached hydrogens (primary N) is 1. The quantitative estimate of drug-likeness (QED) is 0.909. The van der Waals surface area contributed by atoms with Crippen molar-refractivity contribution in [1.82, 2.24) is 0 Å². The van der Waals surface area contributed by atoms with Crippen molar-refractivity contribution in [2.24, 2.45) is 5.73 Å². The van der Waals surface area contributed by atoms with Crippen LogP contribution in [0.1, 0.15) is 23.6 Å². The van der Waals surface area contributed by atoms with Gasteiger partial charge in [0.25, 0.3) is 0 Å². The second-order valence-electron chi connectivity index (χ2n) is 5.75. The van der Waals surface area contributed by atoms with E-state index in [1.807, 2.05) is 26.1 Å². The molecule has 0 amide bonds. The molecule has 0 aromatic heterocycles. The molecule has 0 aliphatic carbocycles. The molecular weight excluding hydrogens is 263 g/mol. The summed E-state index contributed by atoms with van der Waals surface area (Å²) in [5, 5.41) is 0. The van der Waals surface area contributed by atoms with E-state index in [1.54, 1.807) is 6.07 Å². The number of rotatable bonds is 5. The highest BCUT2D eigenvalue weighted by atomic mass is 19.1. The first kappa shape index (κ1) is 15.5. The Kier molecular flexibility index (Phi) is 4.97. The third-order valence-electron chi connectivity index (χ3n) is 3.60. The van der Waals surface area contributed by atoms with Crippen LogP contribution in [0.15, 0.2) is 42.5 Å². The maximum atomic E-state index is 13.7. The lowest BCUT2D eigenvalue weighted by Crippen LogP contribution is -2.19. The van der Waals surface area contributed by atoms with Gasteiger partial charge in [-0.2, -0.15) is 0 Å². The number of aryl methyl sites for hydroxylation is 1. The van der Waals surface area contributed by atoms with Gasteiger partial charge in [-0.15, -0.1) is 0 Å². The van der Waals surface area contributed by atoms with Gasteiger partial charge in [0.1, 0.15) is 5.82 Å². The number of benzene rings is 2. The zero-order chi connectivity index (χ0) is 15.4. The Morgan fingerprint density at radius 1 is 1.19 bits per heavy atom. The fourth-order valence-corrected chi connectivity index (χ4v) is 2.61. The lowest BCUT2D eigenvalue weighted by molar-refractivity contribution is 0.608. The van der Waals surface area contributed by atoms with Gasteiger partial charge in [0, 0.05) is 30.9 Å². The molecule has 0 saturated carbocycles. The molecule has 1 unspecified atom stereocenters. The van der Waals surface area contributed by atoms with Gasteiger partial charge in [0.15, 0.2) is 0 Å². The smallest absolute Gasteiger partial charge is 0.128 e. The zero-order valence-corrected chi connectivity index (χ0v) is 12.9. The normalized spacial score (nSPS) is 12.2. The van der Waals surface area contributed by atoms with Gasteiger partial charge >= 0.3 is 0 Å². The Morgan fingerprint density at radius 3 is 2.52 bits per heavy atom. The summed E-state index contributed by atoms with van der Waals surface area (Å²) < 4.78 is 13.7. The minimum atomic E-state index is -0.157. The minimum absolute atomic E-state index is 0.157. The third kappa shape index (κ3) is 4.05. The number of hydrogen-bond acceptors (Lipinski definition) is 2. The molecule has 112 valence electrons. The van der Waals surface area contributed by atoms with Gasteiger partial charge in [-0.1, -0.05) is 30.3 Å². The fourth-order valence-electron chi connectivity index (χ4n) is 2.61. The number of hydrogen-bond donors (Lipinski definition) is 1. The largest absolute Gasteiger partial charge is 0.370 e. The van der Waals surface area contributed by atoms with Gasteiger partial charge < -0.3 is 10.6 Å². The summed E-state index contributed by atoms with van der Waals surface area (Å²) in [6.07, 6.45) is 0.873. The molecule has 1 atom stereocenters. The minimum Gasteiger partial charge on any atom is -0.370 e. The Bertz CT molecular complexity index is 608.